The molecular formula is C11H16N6OS. The van der Waals surface area contributed by atoms with E-state index in [1.807, 2.05) is 6.92 Å². The first kappa shape index (κ1) is 12.3. The van der Waals surface area contributed by atoms with Crippen LogP contribution in [-0.2, 0) is 19.5 Å². The van der Waals surface area contributed by atoms with Gasteiger partial charge in [-0.1, -0.05) is 11.3 Å². The monoisotopic (exact) mass is 280 g/mol. The Labute approximate surface area is 114 Å². The van der Waals surface area contributed by atoms with E-state index in [0.717, 1.165) is 48.3 Å². The van der Waals surface area contributed by atoms with Gasteiger partial charge in [0.2, 0.25) is 5.13 Å². The van der Waals surface area contributed by atoms with E-state index >= 15 is 0 Å². The molecule has 2 aromatic heterocycles. The predicted octanol–water partition coefficient (Wildman–Crippen LogP) is 0.713. The molecule has 0 fully saturated rings. The largest absolute Gasteiger partial charge is 0.360 e. The SMILES string of the molecule is CCNc1nnc(Cn2nc3n(c2=O)CCCC3)s1. The molecule has 19 heavy (non-hydrogen) atoms. The van der Waals surface area contributed by atoms with Gasteiger partial charge in [0.05, 0.1) is 0 Å². The van der Waals surface area contributed by atoms with Crippen molar-refractivity contribution in [2.75, 3.05) is 11.9 Å². The second-order valence-corrected chi connectivity index (χ2v) is 5.56. The van der Waals surface area contributed by atoms with E-state index < -0.39 is 0 Å². The van der Waals surface area contributed by atoms with Gasteiger partial charge in [0, 0.05) is 19.5 Å². The number of aromatic nitrogens is 5. The molecule has 102 valence electrons. The van der Waals surface area contributed by atoms with Crippen molar-refractivity contribution in [1.82, 2.24) is 24.5 Å². The van der Waals surface area contributed by atoms with Crippen LogP contribution in [0.2, 0.25) is 0 Å². The van der Waals surface area contributed by atoms with Crippen molar-refractivity contribution in [3.8, 4) is 0 Å². The molecule has 3 rings (SSSR count). The Hall–Kier alpha value is -1.70. The van der Waals surface area contributed by atoms with Gasteiger partial charge in [-0.15, -0.1) is 10.2 Å². The van der Waals surface area contributed by atoms with Gasteiger partial charge in [-0.2, -0.15) is 5.10 Å². The molecule has 8 heteroatoms. The van der Waals surface area contributed by atoms with Crippen LogP contribution in [0.4, 0.5) is 5.13 Å². The fraction of sp³-hybridized carbons (Fsp3) is 0.636. The van der Waals surface area contributed by atoms with Crippen molar-refractivity contribution in [3.63, 3.8) is 0 Å². The Kier molecular flexibility index (Phi) is 3.33. The summed E-state index contributed by atoms with van der Waals surface area (Å²) in [6.07, 6.45) is 3.06. The van der Waals surface area contributed by atoms with Crippen molar-refractivity contribution < 1.29 is 0 Å². The maximum absolute atomic E-state index is 12.2. The van der Waals surface area contributed by atoms with Crippen LogP contribution >= 0.6 is 11.3 Å². The molecule has 0 atom stereocenters. The smallest absolute Gasteiger partial charge is 0.346 e. The molecule has 3 heterocycles. The molecule has 0 saturated carbocycles. The third kappa shape index (κ3) is 2.40. The number of aryl methyl sites for hydroxylation is 1. The van der Waals surface area contributed by atoms with Gasteiger partial charge in [-0.3, -0.25) is 4.57 Å². The minimum Gasteiger partial charge on any atom is -0.360 e. The highest BCUT2D eigenvalue weighted by atomic mass is 32.1. The van der Waals surface area contributed by atoms with Crippen molar-refractivity contribution in [2.45, 2.75) is 39.3 Å². The zero-order valence-corrected chi connectivity index (χ0v) is 11.6. The van der Waals surface area contributed by atoms with E-state index in [9.17, 15) is 4.79 Å². The molecule has 1 N–H and O–H groups in total. The van der Waals surface area contributed by atoms with E-state index in [-0.39, 0.29) is 5.69 Å². The Morgan fingerprint density at radius 3 is 3.05 bits per heavy atom. The highest BCUT2D eigenvalue weighted by Gasteiger charge is 2.17. The van der Waals surface area contributed by atoms with Crippen molar-refractivity contribution >= 4 is 16.5 Å². The Morgan fingerprint density at radius 1 is 1.37 bits per heavy atom. The Bertz CT molecular complexity index is 627. The van der Waals surface area contributed by atoms with E-state index in [1.165, 1.54) is 16.0 Å². The normalized spacial score (nSPS) is 14.4. The number of hydrogen-bond donors (Lipinski definition) is 1. The third-order valence-electron chi connectivity index (χ3n) is 3.11. The minimum absolute atomic E-state index is 0.0325. The number of anilines is 1. The average molecular weight is 280 g/mol. The van der Waals surface area contributed by atoms with Crippen LogP contribution in [0.5, 0.6) is 0 Å². The summed E-state index contributed by atoms with van der Waals surface area (Å²) < 4.78 is 3.27. The summed E-state index contributed by atoms with van der Waals surface area (Å²) in [5.74, 6) is 0.896. The lowest BCUT2D eigenvalue weighted by Gasteiger charge is -2.09. The molecule has 2 aromatic rings. The maximum Gasteiger partial charge on any atom is 0.346 e. The van der Waals surface area contributed by atoms with Gasteiger partial charge >= 0.3 is 5.69 Å². The highest BCUT2D eigenvalue weighted by molar-refractivity contribution is 7.15. The van der Waals surface area contributed by atoms with Crippen LogP contribution in [0.3, 0.4) is 0 Å². The fourth-order valence-electron chi connectivity index (χ4n) is 2.22. The zero-order valence-electron chi connectivity index (χ0n) is 10.8. The number of nitrogens with one attached hydrogen (secondary N) is 1. The maximum atomic E-state index is 12.2. The predicted molar refractivity (Wildman–Crippen MR) is 72.6 cm³/mol. The summed E-state index contributed by atoms with van der Waals surface area (Å²) in [5, 5.41) is 17.2. The van der Waals surface area contributed by atoms with Crippen molar-refractivity contribution in [1.29, 1.82) is 0 Å². The molecular weight excluding hydrogens is 264 g/mol. The number of nitrogens with zero attached hydrogens (tertiary/aromatic N) is 5. The summed E-state index contributed by atoms with van der Waals surface area (Å²) >= 11 is 1.46. The van der Waals surface area contributed by atoms with E-state index in [4.69, 9.17) is 0 Å². The number of rotatable bonds is 4. The molecule has 0 aliphatic carbocycles. The first-order chi connectivity index (χ1) is 9.28. The van der Waals surface area contributed by atoms with Gasteiger partial charge in [0.15, 0.2) is 0 Å². The topological polar surface area (TPSA) is 77.6 Å². The molecule has 7 nitrogen and oxygen atoms in total. The van der Waals surface area contributed by atoms with Gasteiger partial charge in [-0.05, 0) is 19.8 Å². The van der Waals surface area contributed by atoms with Gasteiger partial charge in [0.1, 0.15) is 17.4 Å². The summed E-state index contributed by atoms with van der Waals surface area (Å²) in [4.78, 5) is 12.2. The second kappa shape index (κ2) is 5.12. The fourth-order valence-corrected chi connectivity index (χ4v) is 3.01. The molecule has 0 bridgehead atoms. The molecule has 0 amide bonds. The summed E-state index contributed by atoms with van der Waals surface area (Å²) in [6.45, 7) is 4.01. The van der Waals surface area contributed by atoms with Crippen LogP contribution in [0, 0.1) is 0 Å². The van der Waals surface area contributed by atoms with Crippen LogP contribution in [0.1, 0.15) is 30.6 Å². The molecule has 1 aliphatic heterocycles. The zero-order chi connectivity index (χ0) is 13.2. The number of fused-ring (bicyclic) bond motifs is 1. The Balaban J connectivity index is 1.82. The van der Waals surface area contributed by atoms with E-state index in [0.29, 0.717) is 6.54 Å². The van der Waals surface area contributed by atoms with Crippen LogP contribution in [0.15, 0.2) is 4.79 Å². The van der Waals surface area contributed by atoms with E-state index in [2.05, 4.69) is 20.6 Å². The lowest BCUT2D eigenvalue weighted by atomic mass is 10.2. The van der Waals surface area contributed by atoms with Gasteiger partial charge in [-0.25, -0.2) is 9.48 Å². The van der Waals surface area contributed by atoms with Crippen molar-refractivity contribution in [2.24, 2.45) is 0 Å². The molecule has 0 saturated heterocycles. The number of hydrogen-bond acceptors (Lipinski definition) is 6. The lowest BCUT2D eigenvalue weighted by molar-refractivity contribution is 0.511. The molecule has 0 radical (unpaired) electrons. The van der Waals surface area contributed by atoms with Crippen molar-refractivity contribution in [3.05, 3.63) is 21.3 Å². The molecule has 0 unspecified atom stereocenters. The standard InChI is InChI=1S/C11H16N6OS/c1-2-12-10-14-13-9(19-10)7-17-11(18)16-6-4-3-5-8(16)15-17/h2-7H2,1H3,(H,12,14). The lowest BCUT2D eigenvalue weighted by Crippen LogP contribution is -2.27. The van der Waals surface area contributed by atoms with E-state index in [1.54, 1.807) is 4.57 Å². The quantitative estimate of drug-likeness (QED) is 0.892. The van der Waals surface area contributed by atoms with Crippen LogP contribution in [-0.4, -0.2) is 31.1 Å². The van der Waals surface area contributed by atoms with Gasteiger partial charge < -0.3 is 5.32 Å². The summed E-state index contributed by atoms with van der Waals surface area (Å²) in [7, 11) is 0. The third-order valence-corrected chi connectivity index (χ3v) is 3.98. The second-order valence-electron chi connectivity index (χ2n) is 4.50. The Morgan fingerprint density at radius 2 is 2.26 bits per heavy atom. The molecule has 0 spiro atoms. The molecule has 1 aliphatic rings. The highest BCUT2D eigenvalue weighted by Crippen LogP contribution is 2.16. The van der Waals surface area contributed by atoms with Gasteiger partial charge in [0.25, 0.3) is 0 Å². The van der Waals surface area contributed by atoms with Crippen LogP contribution < -0.4 is 11.0 Å². The minimum atomic E-state index is -0.0325. The molecule has 0 aromatic carbocycles. The average Bonchev–Trinajstić information content (AvgIpc) is 2.97. The van der Waals surface area contributed by atoms with Crippen LogP contribution in [0.25, 0.3) is 0 Å². The summed E-state index contributed by atoms with van der Waals surface area (Å²) in [5.41, 5.74) is -0.0325. The first-order valence-electron chi connectivity index (χ1n) is 6.50. The first-order valence-corrected chi connectivity index (χ1v) is 7.32. The summed E-state index contributed by atoms with van der Waals surface area (Å²) in [6, 6.07) is 0.